The largest absolute Gasteiger partial charge is 0.306 e. The highest BCUT2D eigenvalue weighted by Gasteiger charge is 2.09. The highest BCUT2D eigenvalue weighted by atomic mass is 19.2. The van der Waals surface area contributed by atoms with Gasteiger partial charge in [-0.05, 0) is 49.6 Å². The number of nitrogens with one attached hydrogen (secondary N) is 1. The van der Waals surface area contributed by atoms with Crippen LogP contribution >= 0.6 is 0 Å². The Kier molecular flexibility index (Phi) is 4.50. The van der Waals surface area contributed by atoms with Crippen molar-refractivity contribution in [1.29, 1.82) is 0 Å². The summed E-state index contributed by atoms with van der Waals surface area (Å²) in [4.78, 5) is 0. The van der Waals surface area contributed by atoms with Gasteiger partial charge in [-0.2, -0.15) is 0 Å². The fraction of sp³-hybridized carbons (Fsp3) is 0.294. The Hall–Kier alpha value is -1.74. The molecule has 0 aliphatic rings. The number of rotatable bonds is 4. The van der Waals surface area contributed by atoms with Crippen molar-refractivity contribution in [2.45, 2.75) is 33.4 Å². The summed E-state index contributed by atoms with van der Waals surface area (Å²) in [5.41, 5.74) is 4.40. The number of aryl methyl sites for hydroxylation is 2. The van der Waals surface area contributed by atoms with E-state index in [9.17, 15) is 8.78 Å². The summed E-state index contributed by atoms with van der Waals surface area (Å²) in [7, 11) is 0. The summed E-state index contributed by atoms with van der Waals surface area (Å²) in [5.74, 6) is -1.61. The Morgan fingerprint density at radius 3 is 2.45 bits per heavy atom. The Balaban J connectivity index is 2.06. The molecule has 106 valence electrons. The standard InChI is InChI=1S/C17H19F2N/c1-11-4-5-12(2)15(8-11)10-20-13(3)14-6-7-16(18)17(19)9-14/h4-9,13,20H,10H2,1-3H3. The third-order valence-electron chi connectivity index (χ3n) is 3.55. The minimum Gasteiger partial charge on any atom is -0.306 e. The van der Waals surface area contributed by atoms with Gasteiger partial charge in [0.25, 0.3) is 0 Å². The number of halogens is 2. The first-order valence-electron chi connectivity index (χ1n) is 6.72. The van der Waals surface area contributed by atoms with Gasteiger partial charge in [0.2, 0.25) is 0 Å². The summed E-state index contributed by atoms with van der Waals surface area (Å²) in [6.07, 6.45) is 0. The monoisotopic (exact) mass is 275 g/mol. The molecule has 0 aromatic heterocycles. The van der Waals surface area contributed by atoms with Gasteiger partial charge >= 0.3 is 0 Å². The maximum Gasteiger partial charge on any atom is 0.159 e. The molecule has 0 fully saturated rings. The van der Waals surface area contributed by atoms with Gasteiger partial charge < -0.3 is 5.32 Å². The lowest BCUT2D eigenvalue weighted by molar-refractivity contribution is 0.500. The average Bonchev–Trinajstić information content (AvgIpc) is 2.42. The third kappa shape index (κ3) is 3.42. The van der Waals surface area contributed by atoms with E-state index in [1.807, 2.05) is 6.92 Å². The van der Waals surface area contributed by atoms with E-state index in [-0.39, 0.29) is 6.04 Å². The van der Waals surface area contributed by atoms with Crippen molar-refractivity contribution < 1.29 is 8.78 Å². The van der Waals surface area contributed by atoms with Crippen LogP contribution in [0.15, 0.2) is 36.4 Å². The molecule has 0 aliphatic heterocycles. The molecule has 1 nitrogen and oxygen atoms in total. The molecule has 0 saturated heterocycles. The zero-order chi connectivity index (χ0) is 14.7. The number of hydrogen-bond donors (Lipinski definition) is 1. The fourth-order valence-corrected chi connectivity index (χ4v) is 2.15. The summed E-state index contributed by atoms with van der Waals surface area (Å²) in [6, 6.07) is 10.3. The van der Waals surface area contributed by atoms with E-state index in [2.05, 4.69) is 37.4 Å². The Morgan fingerprint density at radius 1 is 1.00 bits per heavy atom. The average molecular weight is 275 g/mol. The van der Waals surface area contributed by atoms with Crippen LogP contribution in [0.2, 0.25) is 0 Å². The van der Waals surface area contributed by atoms with Gasteiger partial charge in [-0.3, -0.25) is 0 Å². The van der Waals surface area contributed by atoms with Crippen molar-refractivity contribution in [2.75, 3.05) is 0 Å². The van der Waals surface area contributed by atoms with Crippen LogP contribution in [-0.2, 0) is 6.54 Å². The van der Waals surface area contributed by atoms with Crippen LogP contribution < -0.4 is 5.32 Å². The lowest BCUT2D eigenvalue weighted by Gasteiger charge is -2.16. The molecule has 0 aliphatic carbocycles. The van der Waals surface area contributed by atoms with Gasteiger partial charge in [-0.15, -0.1) is 0 Å². The molecule has 1 atom stereocenters. The Bertz CT molecular complexity index is 608. The molecule has 2 rings (SSSR count). The van der Waals surface area contributed by atoms with Gasteiger partial charge in [0.1, 0.15) is 0 Å². The van der Waals surface area contributed by atoms with E-state index in [4.69, 9.17) is 0 Å². The Morgan fingerprint density at radius 2 is 1.75 bits per heavy atom. The van der Waals surface area contributed by atoms with E-state index >= 15 is 0 Å². The summed E-state index contributed by atoms with van der Waals surface area (Å²) in [5, 5.41) is 3.34. The molecule has 20 heavy (non-hydrogen) atoms. The normalized spacial score (nSPS) is 12.4. The van der Waals surface area contributed by atoms with Crippen molar-refractivity contribution in [3.05, 3.63) is 70.3 Å². The second-order valence-electron chi connectivity index (χ2n) is 5.21. The van der Waals surface area contributed by atoms with Gasteiger partial charge in [-0.1, -0.05) is 29.8 Å². The van der Waals surface area contributed by atoms with Crippen LogP contribution in [0, 0.1) is 25.5 Å². The molecule has 0 bridgehead atoms. The van der Waals surface area contributed by atoms with Gasteiger partial charge in [-0.25, -0.2) is 8.78 Å². The molecular weight excluding hydrogens is 256 g/mol. The molecular formula is C17H19F2N. The third-order valence-corrected chi connectivity index (χ3v) is 3.55. The van der Waals surface area contributed by atoms with E-state index in [1.54, 1.807) is 6.07 Å². The highest BCUT2D eigenvalue weighted by Crippen LogP contribution is 2.17. The maximum atomic E-state index is 13.2. The van der Waals surface area contributed by atoms with Crippen LogP contribution in [0.1, 0.15) is 35.2 Å². The molecule has 0 heterocycles. The zero-order valence-corrected chi connectivity index (χ0v) is 12.0. The van der Waals surface area contributed by atoms with Crippen molar-refractivity contribution in [3.8, 4) is 0 Å². The van der Waals surface area contributed by atoms with Crippen molar-refractivity contribution >= 4 is 0 Å². The highest BCUT2D eigenvalue weighted by molar-refractivity contribution is 5.30. The van der Waals surface area contributed by atoms with E-state index < -0.39 is 11.6 Å². The topological polar surface area (TPSA) is 12.0 Å². The minimum absolute atomic E-state index is 0.0370. The predicted octanol–water partition coefficient (Wildman–Crippen LogP) is 4.43. The number of benzene rings is 2. The molecule has 0 amide bonds. The molecule has 1 N–H and O–H groups in total. The summed E-state index contributed by atoms with van der Waals surface area (Å²) in [6.45, 7) is 6.77. The second kappa shape index (κ2) is 6.14. The van der Waals surface area contributed by atoms with Crippen LogP contribution in [0.4, 0.5) is 8.78 Å². The molecule has 0 radical (unpaired) electrons. The van der Waals surface area contributed by atoms with E-state index in [0.717, 1.165) is 5.56 Å². The van der Waals surface area contributed by atoms with Crippen LogP contribution in [0.5, 0.6) is 0 Å². The number of hydrogen-bond acceptors (Lipinski definition) is 1. The quantitative estimate of drug-likeness (QED) is 0.870. The molecule has 1 unspecified atom stereocenters. The first kappa shape index (κ1) is 14.7. The Labute approximate surface area is 118 Å². The molecule has 0 saturated carbocycles. The molecule has 3 heteroatoms. The van der Waals surface area contributed by atoms with Crippen molar-refractivity contribution in [1.82, 2.24) is 5.32 Å². The SMILES string of the molecule is Cc1ccc(C)c(CNC(C)c2ccc(F)c(F)c2)c1. The van der Waals surface area contributed by atoms with Crippen LogP contribution in [-0.4, -0.2) is 0 Å². The maximum absolute atomic E-state index is 13.2. The predicted molar refractivity (Wildman–Crippen MR) is 77.5 cm³/mol. The van der Waals surface area contributed by atoms with Gasteiger partial charge in [0.15, 0.2) is 11.6 Å². The lowest BCUT2D eigenvalue weighted by Crippen LogP contribution is -2.19. The smallest absolute Gasteiger partial charge is 0.159 e. The second-order valence-corrected chi connectivity index (χ2v) is 5.21. The first-order chi connectivity index (χ1) is 9.47. The minimum atomic E-state index is -0.810. The summed E-state index contributed by atoms with van der Waals surface area (Å²) >= 11 is 0. The van der Waals surface area contributed by atoms with Crippen molar-refractivity contribution in [3.63, 3.8) is 0 Å². The fourth-order valence-electron chi connectivity index (χ4n) is 2.15. The van der Waals surface area contributed by atoms with E-state index in [0.29, 0.717) is 6.54 Å². The van der Waals surface area contributed by atoms with Crippen LogP contribution in [0.25, 0.3) is 0 Å². The first-order valence-corrected chi connectivity index (χ1v) is 6.72. The van der Waals surface area contributed by atoms with E-state index in [1.165, 1.54) is 28.8 Å². The molecule has 2 aromatic rings. The van der Waals surface area contributed by atoms with Crippen LogP contribution in [0.3, 0.4) is 0 Å². The molecule has 2 aromatic carbocycles. The lowest BCUT2D eigenvalue weighted by atomic mass is 10.0. The van der Waals surface area contributed by atoms with Gasteiger partial charge in [0.05, 0.1) is 0 Å². The molecule has 0 spiro atoms. The van der Waals surface area contributed by atoms with Crippen molar-refractivity contribution in [2.24, 2.45) is 0 Å². The zero-order valence-electron chi connectivity index (χ0n) is 12.0. The van der Waals surface area contributed by atoms with Gasteiger partial charge in [0, 0.05) is 12.6 Å². The summed E-state index contributed by atoms with van der Waals surface area (Å²) < 4.78 is 26.1.